The molecule has 5 heterocycles. The van der Waals surface area contributed by atoms with E-state index >= 15 is 0 Å². The Labute approximate surface area is 462 Å². The van der Waals surface area contributed by atoms with E-state index in [1.165, 1.54) is 9.13 Å². The Bertz CT molecular complexity index is 2930. The molecule has 80 heavy (non-hydrogen) atoms. The summed E-state index contributed by atoms with van der Waals surface area (Å²) in [6, 6.07) is 3.48. The van der Waals surface area contributed by atoms with Crippen LogP contribution in [0.4, 0.5) is 0 Å². The molecule has 8 N–H and O–H groups in total. The number of aromatic hydroxyl groups is 1. The van der Waals surface area contributed by atoms with Crippen LogP contribution in [0.15, 0.2) is 37.7 Å². The maximum atomic E-state index is 14.6. The number of hydrogen-bond donors (Lipinski definition) is 8. The van der Waals surface area contributed by atoms with Gasteiger partial charge in [-0.3, -0.25) is 33.2 Å². The van der Waals surface area contributed by atoms with E-state index in [0.717, 1.165) is 13.0 Å². The third-order valence-corrected chi connectivity index (χ3v) is 14.3. The van der Waals surface area contributed by atoms with Crippen LogP contribution in [-0.2, 0) is 65.8 Å². The zero-order valence-electron chi connectivity index (χ0n) is 46.5. The van der Waals surface area contributed by atoms with Gasteiger partial charge in [-0.25, -0.2) is 0 Å². The number of nitrogens with zero attached hydrogens (tertiary/aromatic N) is 9. The van der Waals surface area contributed by atoms with Crippen LogP contribution in [0.5, 0.6) is 5.88 Å². The maximum absolute atomic E-state index is 14.6. The van der Waals surface area contributed by atoms with Crippen LogP contribution in [0.1, 0.15) is 36.9 Å². The van der Waals surface area contributed by atoms with Crippen LogP contribution in [0.3, 0.4) is 0 Å². The summed E-state index contributed by atoms with van der Waals surface area (Å²) in [7, 11) is 11.7. The molecule has 3 aliphatic heterocycles. The van der Waals surface area contributed by atoms with Gasteiger partial charge in [0.15, 0.2) is 12.6 Å². The van der Waals surface area contributed by atoms with Crippen LogP contribution in [0.2, 0.25) is 0 Å². The van der Waals surface area contributed by atoms with E-state index in [-0.39, 0.29) is 82.7 Å². The molecule has 0 saturated carbocycles. The summed E-state index contributed by atoms with van der Waals surface area (Å²) in [6.07, 6.45) is -10.8. The minimum atomic E-state index is -1.78. The summed E-state index contributed by atoms with van der Waals surface area (Å²) >= 11 is 0. The molecule has 2 saturated heterocycles. The van der Waals surface area contributed by atoms with E-state index in [0.29, 0.717) is 83.7 Å². The molecule has 0 bridgehead atoms. The molecule has 10 atom stereocenters. The lowest BCUT2D eigenvalue weighted by Gasteiger charge is -2.45. The molecule has 0 amide bonds. The zero-order chi connectivity index (χ0) is 57.8. The van der Waals surface area contributed by atoms with Gasteiger partial charge in [-0.05, 0) is 112 Å². The van der Waals surface area contributed by atoms with E-state index in [1.54, 1.807) is 16.9 Å². The lowest BCUT2D eigenvalue weighted by atomic mass is 9.87. The number of aliphatic hydroxyl groups is 7. The summed E-state index contributed by atoms with van der Waals surface area (Å²) in [5.74, 6) is -0.203. The van der Waals surface area contributed by atoms with Crippen molar-refractivity contribution in [3.63, 3.8) is 0 Å². The van der Waals surface area contributed by atoms with Crippen molar-refractivity contribution in [2.75, 3.05) is 121 Å². The molecule has 2 fully saturated rings. The van der Waals surface area contributed by atoms with Gasteiger partial charge < -0.3 is 88.7 Å². The van der Waals surface area contributed by atoms with Crippen LogP contribution in [0.25, 0.3) is 32.7 Å². The zero-order valence-corrected chi connectivity index (χ0v) is 46.5. The number of ether oxygens (including phenoxy) is 7. The molecule has 0 radical (unpaired) electrons. The van der Waals surface area contributed by atoms with Crippen molar-refractivity contribution in [1.82, 2.24) is 38.8 Å². The third-order valence-electron chi connectivity index (χ3n) is 14.3. The van der Waals surface area contributed by atoms with E-state index in [2.05, 4.69) is 15.2 Å². The van der Waals surface area contributed by atoms with Gasteiger partial charge in [0.25, 0.3) is 16.7 Å². The molecule has 27 heteroatoms. The van der Waals surface area contributed by atoms with Crippen molar-refractivity contribution in [1.29, 1.82) is 0 Å². The smallest absolute Gasteiger partial charge is 0.263 e. The number of aryl methyl sites for hydroxylation is 2. The number of aromatic nitrogens is 5. The second kappa shape index (κ2) is 29.5. The van der Waals surface area contributed by atoms with Gasteiger partial charge in [0.05, 0.1) is 87.4 Å². The predicted octanol–water partition coefficient (Wildman–Crippen LogP) is -3.47. The molecule has 1 aliphatic carbocycles. The molecule has 3 aromatic rings. The average molecular weight is 1130 g/mol. The van der Waals surface area contributed by atoms with Gasteiger partial charge >= 0.3 is 0 Å². The second-order valence-electron chi connectivity index (χ2n) is 21.2. The van der Waals surface area contributed by atoms with Crippen molar-refractivity contribution in [3.8, 4) is 17.0 Å². The normalized spacial score (nSPS) is 24.1. The highest BCUT2D eigenvalue weighted by Crippen LogP contribution is 2.39. The van der Waals surface area contributed by atoms with Gasteiger partial charge in [0, 0.05) is 42.5 Å². The first-order valence-corrected chi connectivity index (χ1v) is 27.2. The van der Waals surface area contributed by atoms with Crippen LogP contribution < -0.4 is 22.0 Å². The van der Waals surface area contributed by atoms with Crippen LogP contribution in [-0.4, -0.2) is 262 Å². The Balaban J connectivity index is 0.903. The summed E-state index contributed by atoms with van der Waals surface area (Å²) in [4.78, 5) is 54.5. The molecular weight excluding hydrogens is 1050 g/mol. The number of hydrogen-bond acceptors (Lipinski definition) is 24. The van der Waals surface area contributed by atoms with Crippen LogP contribution >= 0.6 is 0 Å². The Kier molecular flexibility index (Phi) is 23.1. The molecular formula is C53H81N9O18. The van der Waals surface area contributed by atoms with Gasteiger partial charge in [0.2, 0.25) is 5.88 Å². The molecule has 0 unspecified atom stereocenters. The summed E-state index contributed by atoms with van der Waals surface area (Å²) in [6.45, 7) is 2.97. The largest absolute Gasteiger partial charge is 0.494 e. The summed E-state index contributed by atoms with van der Waals surface area (Å²) in [5.41, 5.74) is 0.672. The van der Waals surface area contributed by atoms with E-state index in [4.69, 9.17) is 38.2 Å². The predicted molar refractivity (Wildman–Crippen MR) is 289 cm³/mol. The Morgan fingerprint density at radius 1 is 0.637 bits per heavy atom. The molecule has 4 aliphatic rings. The molecule has 446 valence electrons. The molecule has 1 aromatic carbocycles. The van der Waals surface area contributed by atoms with Gasteiger partial charge in [-0.15, -0.1) is 5.10 Å². The number of benzene rings is 2. The average Bonchev–Trinajstić information content (AvgIpc) is 3.89. The number of pyridine rings is 2. The first kappa shape index (κ1) is 62.8. The fourth-order valence-corrected chi connectivity index (χ4v) is 10.1. The Morgan fingerprint density at radius 2 is 1.24 bits per heavy atom. The molecule has 7 rings (SSSR count). The van der Waals surface area contributed by atoms with E-state index < -0.39 is 91.3 Å². The summed E-state index contributed by atoms with van der Waals surface area (Å²) < 4.78 is 43.2. The Morgan fingerprint density at radius 3 is 1.90 bits per heavy atom. The highest BCUT2D eigenvalue weighted by molar-refractivity contribution is 6.16. The van der Waals surface area contributed by atoms with Crippen molar-refractivity contribution in [3.05, 3.63) is 66.0 Å². The monoisotopic (exact) mass is 1130 g/mol. The molecule has 2 aromatic heterocycles. The molecule has 27 nitrogen and oxygen atoms in total. The fraction of sp³-hybridized carbons (Fsp3) is 0.698. The van der Waals surface area contributed by atoms with E-state index in [1.807, 2.05) is 58.2 Å². The van der Waals surface area contributed by atoms with Crippen molar-refractivity contribution in [2.24, 2.45) is 4.99 Å². The first-order chi connectivity index (χ1) is 38.4. The van der Waals surface area contributed by atoms with Crippen molar-refractivity contribution < 1.29 is 74.0 Å². The highest BCUT2D eigenvalue weighted by atomic mass is 16.7. The fourth-order valence-electron chi connectivity index (χ4n) is 10.1. The second-order valence-corrected chi connectivity index (χ2v) is 21.2. The number of rotatable bonds is 32. The standard InChI is InChI=1S/C53H81N9O18/c1-57(2)13-7-11-31-25-33-40-39-34(49(71)61(50(72)38(31)39)17-9-14-58(3)4)26-35(41(40)51(73)62(48(33)70)18-10-15-59(5)6)54-12-8-16-60-27-32(55-56-60)30-76-22-21-74-19-20-75-23-24-77-52-46(69)44(67)47(37(29-64)79-52)80-53-45(68)43(66)42(65)36(28-63)78-53/h25-27,36-37,42-47,52-53,63-70H,7-24,28-30H2,1-6H3/t36-,37-,42+,43+,44-,45-,46-,47-,52-,53+/m1/s1. The first-order valence-electron chi connectivity index (χ1n) is 27.2. The van der Waals surface area contributed by atoms with Crippen molar-refractivity contribution in [2.45, 2.75) is 120 Å². The van der Waals surface area contributed by atoms with Crippen LogP contribution in [0, 0.1) is 0 Å². The minimum Gasteiger partial charge on any atom is -0.494 e. The lowest BCUT2D eigenvalue weighted by Crippen LogP contribution is -2.64. The highest BCUT2D eigenvalue weighted by Gasteiger charge is 2.50. The van der Waals surface area contributed by atoms with Crippen molar-refractivity contribution >= 4 is 21.5 Å². The Hall–Kier alpha value is -4.76. The van der Waals surface area contributed by atoms with Gasteiger partial charge in [-0.2, -0.15) is 0 Å². The lowest BCUT2D eigenvalue weighted by molar-refractivity contribution is -0.359. The maximum Gasteiger partial charge on any atom is 0.263 e. The number of aliphatic hydroxyl groups excluding tert-OH is 7. The minimum absolute atomic E-state index is 0.0629. The van der Waals surface area contributed by atoms with E-state index in [9.17, 15) is 55.2 Å². The SMILES string of the molecule is CN(C)CCCc1cc2c(O)n(CCCN(C)C)c(=O)c3c(=NCCCn4cc(COCCOCCOCCO[C@@H]5O[C@H](CO)[C@@H](O[C@@H]6O[C@H](CO)[C@H](O)[C@H](O)[C@H]6O)[C@H](O)[C@H]5O)nn4)cc4c(=O)n(CCCN(C)C)c(=O)c1c-4c23. The topological polar surface area (TPSA) is 340 Å². The van der Waals surface area contributed by atoms with Gasteiger partial charge in [0.1, 0.15) is 54.5 Å². The molecule has 0 spiro atoms. The van der Waals surface area contributed by atoms with Gasteiger partial charge in [-0.1, -0.05) is 5.21 Å². The summed E-state index contributed by atoms with van der Waals surface area (Å²) in [5, 5.41) is 93.4. The quantitative estimate of drug-likeness (QED) is 0.0153. The third kappa shape index (κ3) is 15.1.